The van der Waals surface area contributed by atoms with Gasteiger partial charge in [0.2, 0.25) is 0 Å². The Morgan fingerprint density at radius 3 is 2.22 bits per heavy atom. The summed E-state index contributed by atoms with van der Waals surface area (Å²) in [5, 5.41) is 4.63. The molecule has 2 aromatic rings. The highest BCUT2D eigenvalue weighted by Crippen LogP contribution is 2.38. The lowest BCUT2D eigenvalue weighted by Gasteiger charge is -2.13. The van der Waals surface area contributed by atoms with Crippen molar-refractivity contribution in [3.63, 3.8) is 0 Å². The van der Waals surface area contributed by atoms with Crippen LogP contribution in [0.2, 0.25) is 15.1 Å². The first kappa shape index (κ1) is 13.8. The number of nitrogen functional groups attached to an aromatic ring is 1. The summed E-state index contributed by atoms with van der Waals surface area (Å²) in [6, 6.07) is 8.74. The van der Waals surface area contributed by atoms with E-state index in [1.807, 2.05) is 12.1 Å². The minimum atomic E-state index is 0.451. The van der Waals surface area contributed by atoms with Crippen molar-refractivity contribution >= 4 is 67.8 Å². The van der Waals surface area contributed by atoms with Crippen LogP contribution in [0, 0.1) is 0 Å². The van der Waals surface area contributed by atoms with Crippen molar-refractivity contribution in [1.29, 1.82) is 0 Å². The molecule has 0 heterocycles. The van der Waals surface area contributed by atoms with Crippen molar-refractivity contribution in [2.24, 2.45) is 0 Å². The highest BCUT2D eigenvalue weighted by molar-refractivity contribution is 9.10. The summed E-state index contributed by atoms with van der Waals surface area (Å²) < 4.78 is 0.746. The van der Waals surface area contributed by atoms with E-state index in [0.717, 1.165) is 10.2 Å². The van der Waals surface area contributed by atoms with Gasteiger partial charge < -0.3 is 11.1 Å². The Hall–Kier alpha value is -0.610. The summed E-state index contributed by atoms with van der Waals surface area (Å²) in [7, 11) is 0. The van der Waals surface area contributed by atoms with E-state index in [0.29, 0.717) is 26.4 Å². The number of hydrogen-bond acceptors (Lipinski definition) is 2. The molecule has 0 unspecified atom stereocenters. The van der Waals surface area contributed by atoms with Crippen molar-refractivity contribution in [2.75, 3.05) is 11.1 Å². The van der Waals surface area contributed by atoms with Gasteiger partial charge in [-0.2, -0.15) is 0 Å². The standard InChI is InChI=1S/C12H8BrCl3N2/c13-11-7(14)2-1-3-10(11)18-12-8(15)4-6(17)5-9(12)16/h1-5,18H,17H2. The van der Waals surface area contributed by atoms with Crippen LogP contribution in [0.25, 0.3) is 0 Å². The Morgan fingerprint density at radius 2 is 1.61 bits per heavy atom. The zero-order valence-corrected chi connectivity index (χ0v) is 12.8. The van der Waals surface area contributed by atoms with Gasteiger partial charge in [0.05, 0.1) is 30.9 Å². The molecule has 0 aromatic heterocycles. The highest BCUT2D eigenvalue weighted by atomic mass is 79.9. The summed E-state index contributed by atoms with van der Waals surface area (Å²) in [5.41, 5.74) is 7.53. The molecule has 0 aliphatic heterocycles. The maximum absolute atomic E-state index is 6.10. The van der Waals surface area contributed by atoms with Gasteiger partial charge in [-0.1, -0.05) is 40.9 Å². The zero-order valence-electron chi connectivity index (χ0n) is 8.98. The van der Waals surface area contributed by atoms with Gasteiger partial charge >= 0.3 is 0 Å². The quantitative estimate of drug-likeness (QED) is 0.666. The highest BCUT2D eigenvalue weighted by Gasteiger charge is 2.10. The van der Waals surface area contributed by atoms with Gasteiger partial charge in [-0.05, 0) is 40.2 Å². The zero-order chi connectivity index (χ0) is 13.3. The molecule has 0 saturated carbocycles. The van der Waals surface area contributed by atoms with E-state index < -0.39 is 0 Å². The molecule has 3 N–H and O–H groups in total. The number of rotatable bonds is 2. The van der Waals surface area contributed by atoms with Gasteiger partial charge in [0, 0.05) is 5.69 Å². The fraction of sp³-hybridized carbons (Fsp3) is 0. The van der Waals surface area contributed by atoms with Gasteiger partial charge in [-0.3, -0.25) is 0 Å². The van der Waals surface area contributed by atoms with Gasteiger partial charge in [0.1, 0.15) is 0 Å². The Bertz CT molecular complexity index is 579. The van der Waals surface area contributed by atoms with Crippen molar-refractivity contribution in [1.82, 2.24) is 0 Å². The predicted molar refractivity (Wildman–Crippen MR) is 83.3 cm³/mol. The number of halogens is 4. The van der Waals surface area contributed by atoms with E-state index in [4.69, 9.17) is 40.5 Å². The van der Waals surface area contributed by atoms with E-state index in [2.05, 4.69) is 21.2 Å². The van der Waals surface area contributed by atoms with Crippen molar-refractivity contribution in [3.05, 3.63) is 49.9 Å². The summed E-state index contributed by atoms with van der Waals surface area (Å²) >= 11 is 21.6. The first-order valence-corrected chi connectivity index (χ1v) is 6.87. The second-order valence-electron chi connectivity index (χ2n) is 3.59. The fourth-order valence-electron chi connectivity index (χ4n) is 1.45. The fourth-order valence-corrected chi connectivity index (χ4v) is 2.58. The SMILES string of the molecule is Nc1cc(Cl)c(Nc2cccc(Cl)c2Br)c(Cl)c1. The van der Waals surface area contributed by atoms with Crippen LogP contribution in [-0.4, -0.2) is 0 Å². The van der Waals surface area contributed by atoms with Crippen LogP contribution in [-0.2, 0) is 0 Å². The van der Waals surface area contributed by atoms with E-state index in [1.54, 1.807) is 18.2 Å². The van der Waals surface area contributed by atoms with Crippen LogP contribution in [0.4, 0.5) is 17.1 Å². The Morgan fingerprint density at radius 1 is 1.00 bits per heavy atom. The maximum atomic E-state index is 6.10. The Kier molecular flexibility index (Phi) is 4.28. The average molecular weight is 366 g/mol. The molecule has 18 heavy (non-hydrogen) atoms. The molecule has 0 saturated heterocycles. The summed E-state index contributed by atoms with van der Waals surface area (Å²) in [6.07, 6.45) is 0. The molecule has 2 aromatic carbocycles. The van der Waals surface area contributed by atoms with Crippen LogP contribution in [0.5, 0.6) is 0 Å². The third kappa shape index (κ3) is 2.86. The lowest BCUT2D eigenvalue weighted by Crippen LogP contribution is -1.95. The minimum absolute atomic E-state index is 0.451. The van der Waals surface area contributed by atoms with Gasteiger partial charge in [0.15, 0.2) is 0 Å². The van der Waals surface area contributed by atoms with Crippen LogP contribution in [0.1, 0.15) is 0 Å². The predicted octanol–water partition coefficient (Wildman–Crippen LogP) is 5.74. The Balaban J connectivity index is 2.43. The van der Waals surface area contributed by atoms with E-state index in [1.165, 1.54) is 0 Å². The first-order valence-electron chi connectivity index (χ1n) is 4.94. The van der Waals surface area contributed by atoms with Crippen molar-refractivity contribution in [2.45, 2.75) is 0 Å². The van der Waals surface area contributed by atoms with Crippen molar-refractivity contribution < 1.29 is 0 Å². The molecule has 6 heteroatoms. The molecular formula is C12H8BrCl3N2. The molecule has 0 radical (unpaired) electrons. The third-order valence-corrected chi connectivity index (χ3v) is 4.27. The molecule has 2 rings (SSSR count). The second kappa shape index (κ2) is 5.57. The van der Waals surface area contributed by atoms with E-state index in [-0.39, 0.29) is 0 Å². The third-order valence-electron chi connectivity index (χ3n) is 2.28. The van der Waals surface area contributed by atoms with E-state index >= 15 is 0 Å². The molecule has 2 nitrogen and oxygen atoms in total. The van der Waals surface area contributed by atoms with E-state index in [9.17, 15) is 0 Å². The number of nitrogens with two attached hydrogens (primary N) is 1. The number of nitrogens with one attached hydrogen (secondary N) is 1. The number of anilines is 3. The smallest absolute Gasteiger partial charge is 0.0764 e. The molecule has 0 bridgehead atoms. The van der Waals surface area contributed by atoms with Crippen LogP contribution in [0.3, 0.4) is 0 Å². The summed E-state index contributed by atoms with van der Waals surface area (Å²) in [6.45, 7) is 0. The molecular weight excluding hydrogens is 358 g/mol. The van der Waals surface area contributed by atoms with Crippen molar-refractivity contribution in [3.8, 4) is 0 Å². The maximum Gasteiger partial charge on any atom is 0.0764 e. The minimum Gasteiger partial charge on any atom is -0.399 e. The van der Waals surface area contributed by atoms with Crippen LogP contribution >= 0.6 is 50.7 Å². The van der Waals surface area contributed by atoms with Crippen LogP contribution < -0.4 is 11.1 Å². The lowest BCUT2D eigenvalue weighted by atomic mass is 10.2. The molecule has 0 atom stereocenters. The second-order valence-corrected chi connectivity index (χ2v) is 5.60. The molecule has 0 spiro atoms. The first-order chi connectivity index (χ1) is 8.49. The molecule has 0 aliphatic rings. The van der Waals surface area contributed by atoms with Gasteiger partial charge in [0.25, 0.3) is 0 Å². The van der Waals surface area contributed by atoms with Gasteiger partial charge in [-0.15, -0.1) is 0 Å². The summed E-state index contributed by atoms with van der Waals surface area (Å²) in [5.74, 6) is 0. The largest absolute Gasteiger partial charge is 0.399 e. The Labute approximate surface area is 128 Å². The lowest BCUT2D eigenvalue weighted by molar-refractivity contribution is 1.52. The summed E-state index contributed by atoms with van der Waals surface area (Å²) in [4.78, 5) is 0. The molecule has 0 fully saturated rings. The molecule has 94 valence electrons. The molecule has 0 aliphatic carbocycles. The normalized spacial score (nSPS) is 10.4. The monoisotopic (exact) mass is 364 g/mol. The average Bonchev–Trinajstić information content (AvgIpc) is 2.28. The van der Waals surface area contributed by atoms with Gasteiger partial charge in [-0.25, -0.2) is 0 Å². The van der Waals surface area contributed by atoms with Crippen LogP contribution in [0.15, 0.2) is 34.8 Å². The molecule has 0 amide bonds. The number of hydrogen-bond donors (Lipinski definition) is 2. The number of benzene rings is 2. The topological polar surface area (TPSA) is 38.0 Å².